The van der Waals surface area contributed by atoms with E-state index < -0.39 is 24.3 Å². The normalized spacial score (nSPS) is 13.5. The Hall–Kier alpha value is -4.83. The van der Waals surface area contributed by atoms with Gasteiger partial charge in [-0.15, -0.1) is 0 Å². The van der Waals surface area contributed by atoms with Crippen molar-refractivity contribution in [2.45, 2.75) is 322 Å². The first-order valence-electron chi connectivity index (χ1n) is 38.0. The molecule has 0 saturated heterocycles. The van der Waals surface area contributed by atoms with Crippen LogP contribution in [0, 0.1) is 0 Å². The molecule has 0 aliphatic carbocycles. The highest BCUT2D eigenvalue weighted by molar-refractivity contribution is 5.70. The molecule has 0 rings (SSSR count). The number of allylic oxidation sites excluding steroid dienone is 24. The van der Waals surface area contributed by atoms with Crippen LogP contribution in [0.2, 0.25) is 0 Å². The number of likely N-dealkylation sites (N-methyl/N-ethyl adjacent to an activating group) is 1. The fraction of sp³-hybridized carbons (Fsp3) is 0.679. The van der Waals surface area contributed by atoms with Gasteiger partial charge in [-0.2, -0.15) is 0 Å². The van der Waals surface area contributed by atoms with Crippen LogP contribution >= 0.6 is 0 Å². The van der Waals surface area contributed by atoms with Crippen molar-refractivity contribution in [2.75, 3.05) is 47.5 Å². The largest absolute Gasteiger partial charge is 0.545 e. The maximum Gasteiger partial charge on any atom is 0.306 e. The Morgan fingerprint density at radius 1 is 0.333 bits per heavy atom. The molecular formula is C84H141NO8. The molecule has 0 spiro atoms. The summed E-state index contributed by atoms with van der Waals surface area (Å²) < 4.78 is 22.8. The van der Waals surface area contributed by atoms with E-state index in [1.165, 1.54) is 154 Å². The molecule has 0 aliphatic rings. The monoisotopic (exact) mass is 1290 g/mol. The summed E-state index contributed by atoms with van der Waals surface area (Å²) >= 11 is 0. The maximum atomic E-state index is 12.9. The minimum absolute atomic E-state index is 0.137. The Bertz CT molecular complexity index is 2040. The fourth-order valence-electron chi connectivity index (χ4n) is 10.3. The third-order valence-corrected chi connectivity index (χ3v) is 16.1. The van der Waals surface area contributed by atoms with Gasteiger partial charge in [0.25, 0.3) is 0 Å². The summed E-state index contributed by atoms with van der Waals surface area (Å²) in [5, 5.41) is 11.8. The van der Waals surface area contributed by atoms with Crippen LogP contribution < -0.4 is 5.11 Å². The summed E-state index contributed by atoms with van der Waals surface area (Å²) in [5.74, 6) is -2.32. The third kappa shape index (κ3) is 74.4. The highest BCUT2D eigenvalue weighted by atomic mass is 16.7. The highest BCUT2D eigenvalue weighted by Gasteiger charge is 2.22. The lowest BCUT2D eigenvalue weighted by Crippen LogP contribution is -2.44. The van der Waals surface area contributed by atoms with E-state index in [2.05, 4.69) is 160 Å². The van der Waals surface area contributed by atoms with Gasteiger partial charge in [0.1, 0.15) is 13.2 Å². The zero-order valence-electron chi connectivity index (χ0n) is 60.6. The predicted molar refractivity (Wildman–Crippen MR) is 398 cm³/mol. The highest BCUT2D eigenvalue weighted by Crippen LogP contribution is 2.18. The predicted octanol–water partition coefficient (Wildman–Crippen LogP) is 22.9. The van der Waals surface area contributed by atoms with Crippen LogP contribution in [-0.4, -0.2) is 82.3 Å². The molecule has 93 heavy (non-hydrogen) atoms. The molecule has 0 bridgehead atoms. The Morgan fingerprint density at radius 2 is 0.613 bits per heavy atom. The summed E-state index contributed by atoms with van der Waals surface area (Å²) in [5.41, 5.74) is 0. The van der Waals surface area contributed by atoms with Gasteiger partial charge in [-0.05, 0) is 103 Å². The van der Waals surface area contributed by atoms with E-state index in [0.717, 1.165) is 122 Å². The van der Waals surface area contributed by atoms with E-state index in [1.807, 2.05) is 21.1 Å². The first-order valence-corrected chi connectivity index (χ1v) is 38.0. The van der Waals surface area contributed by atoms with Gasteiger partial charge in [-0.3, -0.25) is 9.59 Å². The molecule has 0 aromatic carbocycles. The van der Waals surface area contributed by atoms with Crippen LogP contribution in [0.25, 0.3) is 0 Å². The summed E-state index contributed by atoms with van der Waals surface area (Å²) in [6, 6.07) is 0. The molecule has 2 atom stereocenters. The van der Waals surface area contributed by atoms with Gasteiger partial charge in [-0.1, -0.05) is 339 Å². The van der Waals surface area contributed by atoms with E-state index in [4.69, 9.17) is 18.9 Å². The number of carboxylic acid groups (broad SMARTS) is 1. The SMILES string of the molecule is CC/C=C\C/C=C\C/C=C\C/C=C\C/C=C\C/C=C\C/C=C\C/C=C\C/C=C\C/C=C\C/C=C\C/C=C\CCCCCCC(=O)OC(COC(=O)CCCCCCCCCCCCCCCCCCCCCCCCCCCCC)COC(OCC[N+](C)(C)C)C(=O)[O-]. The van der Waals surface area contributed by atoms with Crippen molar-refractivity contribution in [1.29, 1.82) is 0 Å². The Morgan fingerprint density at radius 3 is 0.914 bits per heavy atom. The molecule has 2 unspecified atom stereocenters. The number of quaternary nitrogens is 1. The van der Waals surface area contributed by atoms with Crippen LogP contribution in [0.15, 0.2) is 146 Å². The molecule has 0 heterocycles. The molecule has 9 heteroatoms. The summed E-state index contributed by atoms with van der Waals surface area (Å²) in [6.45, 7) is 4.63. The van der Waals surface area contributed by atoms with Crippen molar-refractivity contribution >= 4 is 17.9 Å². The Labute approximate surface area is 572 Å². The zero-order valence-corrected chi connectivity index (χ0v) is 60.6. The zero-order chi connectivity index (χ0) is 67.5. The summed E-state index contributed by atoms with van der Waals surface area (Å²) in [4.78, 5) is 37.5. The Balaban J connectivity index is 4.18. The first-order chi connectivity index (χ1) is 45.6. The standard InChI is InChI=1S/C84H141NO8/c1-6-8-10-12-14-16-18-20-22-24-26-28-30-32-34-35-36-37-38-39-40-41-42-43-44-45-46-47-49-51-53-55-57-59-61-63-65-67-69-71-73-75-82(87)93-80(79-92-84(83(88)89)90-77-76-85(3,4)5)78-91-81(86)74-72-70-68-66-64-62-60-58-56-54-52-50-48-33-31-29-27-25-23-21-19-17-15-13-11-9-7-2/h8,10,14,16,20,22,26,28,32,34,36-37,39-40,42-43,45-46,49,51,55,57,61,63,80,84H,6-7,9,11-13,15,17-19,21,23-25,27,29-31,33,35,38,41,44,47-48,50,52-54,56,58-60,62,64-79H2,1-5H3/b10-8-,16-14-,22-20-,28-26-,34-32-,37-36-,40-39-,43-42-,46-45-,51-49-,57-55-,63-61-. The Kier molecular flexibility index (Phi) is 69.2. The molecule has 9 nitrogen and oxygen atoms in total. The topological polar surface area (TPSA) is 111 Å². The van der Waals surface area contributed by atoms with Crippen molar-refractivity contribution in [3.63, 3.8) is 0 Å². The number of carbonyl (C=O) groups excluding carboxylic acids is 3. The minimum atomic E-state index is -1.64. The van der Waals surface area contributed by atoms with Crippen molar-refractivity contribution in [3.05, 3.63) is 146 Å². The molecule has 0 saturated carbocycles. The lowest BCUT2D eigenvalue weighted by atomic mass is 10.0. The van der Waals surface area contributed by atoms with E-state index >= 15 is 0 Å². The smallest absolute Gasteiger partial charge is 0.306 e. The van der Waals surface area contributed by atoms with Crippen LogP contribution in [0.3, 0.4) is 0 Å². The summed E-state index contributed by atoms with van der Waals surface area (Å²) in [6.07, 6.45) is 104. The fourth-order valence-corrected chi connectivity index (χ4v) is 10.3. The molecule has 0 radical (unpaired) electrons. The first kappa shape index (κ1) is 88.2. The number of ether oxygens (including phenoxy) is 4. The molecule has 0 fully saturated rings. The van der Waals surface area contributed by atoms with Crippen molar-refractivity contribution in [1.82, 2.24) is 0 Å². The average molecular weight is 1290 g/mol. The number of rotatable bonds is 69. The van der Waals surface area contributed by atoms with E-state index in [1.54, 1.807) is 0 Å². The van der Waals surface area contributed by atoms with Crippen molar-refractivity contribution in [3.8, 4) is 0 Å². The average Bonchev–Trinajstić information content (AvgIpc) is 3.38. The molecule has 0 aromatic rings. The molecular weight excluding hydrogens is 1150 g/mol. The lowest BCUT2D eigenvalue weighted by Gasteiger charge is -2.26. The minimum Gasteiger partial charge on any atom is -0.545 e. The lowest BCUT2D eigenvalue weighted by molar-refractivity contribution is -0.870. The number of unbranched alkanes of at least 4 members (excludes halogenated alkanes) is 30. The third-order valence-electron chi connectivity index (χ3n) is 16.1. The van der Waals surface area contributed by atoms with E-state index in [9.17, 15) is 19.5 Å². The van der Waals surface area contributed by atoms with Gasteiger partial charge >= 0.3 is 11.9 Å². The number of esters is 2. The number of nitrogens with zero attached hydrogens (tertiary/aromatic N) is 1. The van der Waals surface area contributed by atoms with Gasteiger partial charge in [-0.25, -0.2) is 0 Å². The van der Waals surface area contributed by atoms with Gasteiger partial charge in [0, 0.05) is 12.8 Å². The van der Waals surface area contributed by atoms with Crippen molar-refractivity contribution in [2.24, 2.45) is 0 Å². The van der Waals surface area contributed by atoms with Crippen LogP contribution in [-0.2, 0) is 33.3 Å². The second-order valence-corrected chi connectivity index (χ2v) is 26.2. The van der Waals surface area contributed by atoms with Gasteiger partial charge in [0.2, 0.25) is 0 Å². The quantitative estimate of drug-likeness (QED) is 0.0195. The van der Waals surface area contributed by atoms with E-state index in [0.29, 0.717) is 17.4 Å². The molecule has 0 aliphatic heterocycles. The second kappa shape index (κ2) is 73.0. The summed E-state index contributed by atoms with van der Waals surface area (Å²) in [7, 11) is 5.92. The number of carboxylic acids is 1. The number of carbonyl (C=O) groups is 3. The van der Waals surface area contributed by atoms with Gasteiger partial charge in [0.05, 0.1) is 40.3 Å². The van der Waals surface area contributed by atoms with Crippen LogP contribution in [0.5, 0.6) is 0 Å². The molecule has 0 aromatic heterocycles. The number of hydrogen-bond acceptors (Lipinski definition) is 8. The molecule has 530 valence electrons. The van der Waals surface area contributed by atoms with Crippen molar-refractivity contribution < 1.29 is 42.9 Å². The maximum absolute atomic E-state index is 12.9. The van der Waals surface area contributed by atoms with Crippen LogP contribution in [0.4, 0.5) is 0 Å². The number of aliphatic carboxylic acids is 1. The van der Waals surface area contributed by atoms with E-state index in [-0.39, 0.29) is 38.6 Å². The van der Waals surface area contributed by atoms with Gasteiger partial charge < -0.3 is 33.3 Å². The molecule has 0 N–H and O–H groups in total. The molecule has 0 amide bonds. The van der Waals surface area contributed by atoms with Gasteiger partial charge in [0.15, 0.2) is 12.4 Å². The second-order valence-electron chi connectivity index (χ2n) is 26.2. The number of hydrogen-bond donors (Lipinski definition) is 0. The van der Waals surface area contributed by atoms with Crippen LogP contribution in [0.1, 0.15) is 309 Å².